The molecule has 1 fully saturated rings. The highest BCUT2D eigenvalue weighted by Gasteiger charge is 2.19. The van der Waals surface area contributed by atoms with E-state index in [0.29, 0.717) is 0 Å². The minimum Gasteiger partial charge on any atom is -0.319 e. The Labute approximate surface area is 108 Å². The van der Waals surface area contributed by atoms with E-state index in [0.717, 1.165) is 19.0 Å². The van der Waals surface area contributed by atoms with Crippen molar-refractivity contribution in [2.75, 3.05) is 26.7 Å². The van der Waals surface area contributed by atoms with Gasteiger partial charge in [-0.1, -0.05) is 0 Å². The van der Waals surface area contributed by atoms with Crippen LogP contribution in [0.4, 0.5) is 0 Å². The molecule has 1 saturated heterocycles. The number of thiazole rings is 1. The van der Waals surface area contributed by atoms with Gasteiger partial charge in [-0.05, 0) is 38.9 Å². The maximum atomic E-state index is 4.34. The van der Waals surface area contributed by atoms with E-state index in [9.17, 15) is 0 Å². The van der Waals surface area contributed by atoms with Crippen molar-refractivity contribution in [2.45, 2.75) is 19.4 Å². The monoisotopic (exact) mass is 261 g/mol. The van der Waals surface area contributed by atoms with Crippen molar-refractivity contribution in [1.29, 1.82) is 0 Å². The Kier molecular flexibility index (Phi) is 6.28. The summed E-state index contributed by atoms with van der Waals surface area (Å²) in [6, 6.07) is 0. The first kappa shape index (κ1) is 13.9. The summed E-state index contributed by atoms with van der Waals surface area (Å²) in [5.74, 6) is 0.823. The van der Waals surface area contributed by atoms with Gasteiger partial charge in [-0.25, -0.2) is 4.98 Å². The molecule has 2 rings (SSSR count). The van der Waals surface area contributed by atoms with Crippen LogP contribution in [0.5, 0.6) is 0 Å². The molecule has 3 nitrogen and oxygen atoms in total. The van der Waals surface area contributed by atoms with Crippen molar-refractivity contribution in [1.82, 2.24) is 15.2 Å². The molecule has 1 unspecified atom stereocenters. The van der Waals surface area contributed by atoms with Gasteiger partial charge in [0.25, 0.3) is 0 Å². The van der Waals surface area contributed by atoms with Crippen molar-refractivity contribution in [3.05, 3.63) is 16.6 Å². The summed E-state index contributed by atoms with van der Waals surface area (Å²) < 4.78 is 0. The lowest BCUT2D eigenvalue weighted by molar-refractivity contribution is 0.166. The van der Waals surface area contributed by atoms with Gasteiger partial charge in [-0.2, -0.15) is 0 Å². The van der Waals surface area contributed by atoms with Crippen LogP contribution in [0.2, 0.25) is 0 Å². The lowest BCUT2D eigenvalue weighted by atomic mass is 9.98. The molecule has 0 aromatic carbocycles. The molecule has 0 amide bonds. The maximum Gasteiger partial charge on any atom is 0.107 e. The van der Waals surface area contributed by atoms with Crippen molar-refractivity contribution >= 4 is 23.7 Å². The van der Waals surface area contributed by atoms with Crippen molar-refractivity contribution in [2.24, 2.45) is 5.92 Å². The first-order valence-corrected chi connectivity index (χ1v) is 6.52. The second kappa shape index (κ2) is 7.22. The number of rotatable bonds is 4. The second-order valence-electron chi connectivity index (χ2n) is 4.23. The summed E-state index contributed by atoms with van der Waals surface area (Å²) in [5.41, 5.74) is 0. The highest BCUT2D eigenvalue weighted by molar-refractivity contribution is 7.09. The minimum absolute atomic E-state index is 0. The second-order valence-corrected chi connectivity index (χ2v) is 5.21. The van der Waals surface area contributed by atoms with Gasteiger partial charge in [0.15, 0.2) is 0 Å². The number of nitrogens with zero attached hydrogens (tertiary/aromatic N) is 2. The molecule has 1 aliphatic heterocycles. The Morgan fingerprint density at radius 2 is 2.50 bits per heavy atom. The SMILES string of the molecule is CNCC1CCCN(Cc2nccs2)C1.Cl. The van der Waals surface area contributed by atoms with E-state index in [1.54, 1.807) is 11.3 Å². The number of piperidine rings is 1. The number of hydrogen-bond acceptors (Lipinski definition) is 4. The first-order valence-electron chi connectivity index (χ1n) is 5.64. The highest BCUT2D eigenvalue weighted by atomic mass is 35.5. The maximum absolute atomic E-state index is 4.34. The van der Waals surface area contributed by atoms with Crippen LogP contribution in [0.25, 0.3) is 0 Å². The summed E-state index contributed by atoms with van der Waals surface area (Å²) in [7, 11) is 2.04. The third-order valence-corrected chi connectivity index (χ3v) is 3.70. The molecule has 0 aliphatic carbocycles. The van der Waals surface area contributed by atoms with Crippen LogP contribution in [0.15, 0.2) is 11.6 Å². The number of likely N-dealkylation sites (tertiary alicyclic amines) is 1. The lowest BCUT2D eigenvalue weighted by Gasteiger charge is -2.31. The van der Waals surface area contributed by atoms with Crippen molar-refractivity contribution in [3.8, 4) is 0 Å². The lowest BCUT2D eigenvalue weighted by Crippen LogP contribution is -2.38. The highest BCUT2D eigenvalue weighted by Crippen LogP contribution is 2.18. The summed E-state index contributed by atoms with van der Waals surface area (Å²) in [6.45, 7) is 4.65. The molecule has 2 heterocycles. The summed E-state index contributed by atoms with van der Waals surface area (Å²) in [5, 5.41) is 6.59. The Morgan fingerprint density at radius 3 is 3.19 bits per heavy atom. The van der Waals surface area contributed by atoms with E-state index in [1.807, 2.05) is 13.2 Å². The van der Waals surface area contributed by atoms with Crippen molar-refractivity contribution in [3.63, 3.8) is 0 Å². The van der Waals surface area contributed by atoms with Gasteiger partial charge in [0.1, 0.15) is 5.01 Å². The predicted molar refractivity (Wildman–Crippen MR) is 71.3 cm³/mol. The molecule has 0 radical (unpaired) electrons. The molecule has 16 heavy (non-hydrogen) atoms. The van der Waals surface area contributed by atoms with Crippen LogP contribution in [-0.2, 0) is 6.54 Å². The molecule has 1 atom stereocenters. The quantitative estimate of drug-likeness (QED) is 0.899. The largest absolute Gasteiger partial charge is 0.319 e. The molecule has 0 saturated carbocycles. The van der Waals surface area contributed by atoms with Gasteiger partial charge in [0, 0.05) is 18.1 Å². The normalized spacial score (nSPS) is 21.7. The first-order chi connectivity index (χ1) is 7.38. The fourth-order valence-corrected chi connectivity index (χ4v) is 2.93. The van der Waals surface area contributed by atoms with Crippen LogP contribution >= 0.6 is 23.7 Å². The number of nitrogens with one attached hydrogen (secondary N) is 1. The van der Waals surface area contributed by atoms with Crippen LogP contribution in [0.1, 0.15) is 17.8 Å². The van der Waals surface area contributed by atoms with E-state index >= 15 is 0 Å². The molecule has 5 heteroatoms. The molecule has 1 N–H and O–H groups in total. The van der Waals surface area contributed by atoms with Gasteiger partial charge in [0.05, 0.1) is 6.54 Å². The fourth-order valence-electron chi connectivity index (χ4n) is 2.27. The summed E-state index contributed by atoms with van der Waals surface area (Å²) >= 11 is 1.76. The topological polar surface area (TPSA) is 28.2 Å². The molecule has 1 aliphatic rings. The van der Waals surface area contributed by atoms with Gasteiger partial charge in [-0.3, -0.25) is 4.90 Å². The number of hydrogen-bond donors (Lipinski definition) is 1. The predicted octanol–water partition coefficient (Wildman–Crippen LogP) is 2.00. The average molecular weight is 262 g/mol. The van der Waals surface area contributed by atoms with E-state index < -0.39 is 0 Å². The minimum atomic E-state index is 0. The van der Waals surface area contributed by atoms with E-state index in [1.165, 1.54) is 30.9 Å². The standard InChI is InChI=1S/C11H19N3S.ClH/c1-12-7-10-3-2-5-14(8-10)9-11-13-4-6-15-11;/h4,6,10,12H,2-3,5,7-9H2,1H3;1H. The fraction of sp³-hybridized carbons (Fsp3) is 0.727. The number of aromatic nitrogens is 1. The van der Waals surface area contributed by atoms with Crippen LogP contribution < -0.4 is 5.32 Å². The zero-order valence-corrected chi connectivity index (χ0v) is 11.3. The van der Waals surface area contributed by atoms with Gasteiger partial charge >= 0.3 is 0 Å². The molecule has 92 valence electrons. The van der Waals surface area contributed by atoms with Crippen LogP contribution in [0.3, 0.4) is 0 Å². The van der Waals surface area contributed by atoms with Crippen LogP contribution in [-0.4, -0.2) is 36.6 Å². The average Bonchev–Trinajstić information content (AvgIpc) is 2.71. The Morgan fingerprint density at radius 1 is 1.62 bits per heavy atom. The van der Waals surface area contributed by atoms with Crippen molar-refractivity contribution < 1.29 is 0 Å². The van der Waals surface area contributed by atoms with E-state index in [-0.39, 0.29) is 12.4 Å². The Hall–Kier alpha value is -0.160. The smallest absolute Gasteiger partial charge is 0.107 e. The molecule has 1 aromatic heterocycles. The van der Waals surface area contributed by atoms with E-state index in [2.05, 4.69) is 20.6 Å². The van der Waals surface area contributed by atoms with E-state index in [4.69, 9.17) is 0 Å². The third-order valence-electron chi connectivity index (χ3n) is 2.94. The third kappa shape index (κ3) is 4.01. The Bertz CT molecular complexity index is 277. The number of halogens is 1. The Balaban J connectivity index is 0.00000128. The summed E-state index contributed by atoms with van der Waals surface area (Å²) in [4.78, 5) is 6.87. The molecular weight excluding hydrogens is 242 g/mol. The summed E-state index contributed by atoms with van der Waals surface area (Å²) in [6.07, 6.45) is 4.60. The molecule has 0 spiro atoms. The zero-order chi connectivity index (χ0) is 10.5. The van der Waals surface area contributed by atoms with Gasteiger partial charge in [-0.15, -0.1) is 23.7 Å². The van der Waals surface area contributed by atoms with Crippen LogP contribution in [0, 0.1) is 5.92 Å². The molecule has 0 bridgehead atoms. The molecule has 1 aromatic rings. The van der Waals surface area contributed by atoms with Gasteiger partial charge < -0.3 is 5.32 Å². The molecular formula is C11H20ClN3S. The zero-order valence-electron chi connectivity index (χ0n) is 9.69. The van der Waals surface area contributed by atoms with Gasteiger partial charge in [0.2, 0.25) is 0 Å².